The Kier molecular flexibility index (Phi) is 11.0. The molecule has 3 aromatic rings. The van der Waals surface area contributed by atoms with Crippen LogP contribution in [0.5, 0.6) is 0 Å². The highest BCUT2D eigenvalue weighted by atomic mass is 35.5. The minimum Gasteiger partial charge on any atom is -0.352 e. The first-order chi connectivity index (χ1) is 18.9. The number of aryl methyl sites for hydroxylation is 1. The molecule has 10 heteroatoms. The SMILES string of the molecule is CCc1ccccc1N(CC(=O)N(Cc1ccc(Cl)c(Cl)c1)C(Cc1ccccc1)C(=O)NC(C)C)S(C)(=O)=O. The van der Waals surface area contributed by atoms with Gasteiger partial charge in [-0.1, -0.05) is 84.7 Å². The number of sulfonamides is 1. The molecule has 0 aromatic heterocycles. The van der Waals surface area contributed by atoms with Crippen LogP contribution in [0.1, 0.15) is 37.5 Å². The maximum atomic E-state index is 14.1. The topological polar surface area (TPSA) is 86.8 Å². The Morgan fingerprint density at radius 2 is 1.55 bits per heavy atom. The zero-order chi connectivity index (χ0) is 29.4. The van der Waals surface area contributed by atoms with Crippen molar-refractivity contribution in [1.82, 2.24) is 10.2 Å². The van der Waals surface area contributed by atoms with Crippen LogP contribution in [0.15, 0.2) is 72.8 Å². The molecule has 0 aliphatic rings. The minimum absolute atomic E-state index is 0.0196. The molecule has 0 saturated heterocycles. The number of hydrogen-bond donors (Lipinski definition) is 1. The van der Waals surface area contributed by atoms with Crippen molar-refractivity contribution >= 4 is 50.7 Å². The molecule has 214 valence electrons. The molecule has 3 aromatic carbocycles. The van der Waals surface area contributed by atoms with Crippen LogP contribution in [-0.2, 0) is 39.0 Å². The van der Waals surface area contributed by atoms with Crippen LogP contribution in [0.2, 0.25) is 10.0 Å². The van der Waals surface area contributed by atoms with Gasteiger partial charge in [-0.15, -0.1) is 0 Å². The molecule has 7 nitrogen and oxygen atoms in total. The summed E-state index contributed by atoms with van der Waals surface area (Å²) in [6, 6.07) is 20.4. The molecule has 40 heavy (non-hydrogen) atoms. The zero-order valence-corrected chi connectivity index (χ0v) is 25.4. The Morgan fingerprint density at radius 3 is 2.15 bits per heavy atom. The largest absolute Gasteiger partial charge is 0.352 e. The quantitative estimate of drug-likeness (QED) is 0.297. The van der Waals surface area contributed by atoms with Gasteiger partial charge in [0.25, 0.3) is 0 Å². The van der Waals surface area contributed by atoms with E-state index in [1.165, 1.54) is 4.90 Å². The first kappa shape index (κ1) is 31.5. The fraction of sp³-hybridized carbons (Fsp3) is 0.333. The summed E-state index contributed by atoms with van der Waals surface area (Å²) in [5.41, 5.74) is 2.73. The summed E-state index contributed by atoms with van der Waals surface area (Å²) in [7, 11) is -3.84. The van der Waals surface area contributed by atoms with E-state index in [1.54, 1.807) is 30.3 Å². The van der Waals surface area contributed by atoms with Crippen molar-refractivity contribution in [2.24, 2.45) is 0 Å². The first-order valence-electron chi connectivity index (χ1n) is 13.0. The second-order valence-electron chi connectivity index (χ2n) is 9.89. The van der Waals surface area contributed by atoms with Crippen molar-refractivity contribution in [3.8, 4) is 0 Å². The number of carbonyl (C=O) groups is 2. The van der Waals surface area contributed by atoms with Gasteiger partial charge in [0, 0.05) is 19.0 Å². The molecule has 0 spiro atoms. The van der Waals surface area contributed by atoms with Gasteiger partial charge in [0.1, 0.15) is 12.6 Å². The van der Waals surface area contributed by atoms with Crippen LogP contribution in [0.25, 0.3) is 0 Å². The van der Waals surface area contributed by atoms with Crippen LogP contribution in [-0.4, -0.2) is 50.0 Å². The predicted octanol–water partition coefficient (Wildman–Crippen LogP) is 5.49. The number of para-hydroxylation sites is 1. The Morgan fingerprint density at radius 1 is 0.900 bits per heavy atom. The second-order valence-corrected chi connectivity index (χ2v) is 12.6. The molecular formula is C30H35Cl2N3O4S. The van der Waals surface area contributed by atoms with E-state index in [-0.39, 0.29) is 24.9 Å². The van der Waals surface area contributed by atoms with Gasteiger partial charge in [0.2, 0.25) is 21.8 Å². The molecule has 0 aliphatic heterocycles. The summed E-state index contributed by atoms with van der Waals surface area (Å²) in [6.45, 7) is 5.15. The third-order valence-corrected chi connectivity index (χ3v) is 8.22. The van der Waals surface area contributed by atoms with Crippen LogP contribution in [0, 0.1) is 0 Å². The summed E-state index contributed by atoms with van der Waals surface area (Å²) in [4.78, 5) is 29.1. The van der Waals surface area contributed by atoms with Crippen molar-refractivity contribution < 1.29 is 18.0 Å². The van der Waals surface area contributed by atoms with Gasteiger partial charge in [0.05, 0.1) is 22.0 Å². The van der Waals surface area contributed by atoms with Gasteiger partial charge in [-0.3, -0.25) is 13.9 Å². The summed E-state index contributed by atoms with van der Waals surface area (Å²) in [6.07, 6.45) is 1.89. The lowest BCUT2D eigenvalue weighted by molar-refractivity contribution is -0.140. The van der Waals surface area contributed by atoms with Crippen molar-refractivity contribution in [1.29, 1.82) is 0 Å². The van der Waals surface area contributed by atoms with Crippen molar-refractivity contribution in [2.75, 3.05) is 17.1 Å². The number of benzene rings is 3. The molecule has 3 rings (SSSR count). The van der Waals surface area contributed by atoms with Crippen molar-refractivity contribution in [3.05, 3.63) is 99.5 Å². The Bertz CT molecular complexity index is 1430. The van der Waals surface area contributed by atoms with E-state index in [2.05, 4.69) is 5.32 Å². The number of rotatable bonds is 12. The molecule has 2 amide bonds. The number of anilines is 1. The van der Waals surface area contributed by atoms with E-state index >= 15 is 0 Å². The number of carbonyl (C=O) groups excluding carboxylic acids is 2. The third kappa shape index (κ3) is 8.46. The van der Waals surface area contributed by atoms with E-state index in [9.17, 15) is 18.0 Å². The molecular weight excluding hydrogens is 569 g/mol. The highest BCUT2D eigenvalue weighted by molar-refractivity contribution is 7.92. The number of nitrogens with one attached hydrogen (secondary N) is 1. The fourth-order valence-corrected chi connectivity index (χ4v) is 5.62. The highest BCUT2D eigenvalue weighted by Crippen LogP contribution is 2.26. The molecule has 0 saturated carbocycles. The van der Waals surface area contributed by atoms with Gasteiger partial charge in [-0.25, -0.2) is 8.42 Å². The molecule has 0 bridgehead atoms. The van der Waals surface area contributed by atoms with Crippen molar-refractivity contribution in [2.45, 2.75) is 52.2 Å². The van der Waals surface area contributed by atoms with Gasteiger partial charge < -0.3 is 10.2 Å². The van der Waals surface area contributed by atoms with Gasteiger partial charge >= 0.3 is 0 Å². The maximum absolute atomic E-state index is 14.1. The van der Waals surface area contributed by atoms with Gasteiger partial charge in [0.15, 0.2) is 0 Å². The zero-order valence-electron chi connectivity index (χ0n) is 23.1. The standard InChI is InChI=1S/C30H35Cl2N3O4S/c1-5-24-13-9-10-14-27(24)35(40(4,38)39)20-29(36)34(19-23-15-16-25(31)26(32)17-23)28(30(37)33-21(2)3)18-22-11-7-6-8-12-22/h6-17,21,28H,5,18-20H2,1-4H3,(H,33,37). The van der Waals surface area contributed by atoms with Gasteiger partial charge in [-0.05, 0) is 55.2 Å². The van der Waals surface area contributed by atoms with Crippen LogP contribution in [0.4, 0.5) is 5.69 Å². The van der Waals surface area contributed by atoms with Crippen LogP contribution >= 0.6 is 23.2 Å². The van der Waals surface area contributed by atoms with E-state index in [0.717, 1.165) is 21.7 Å². The molecule has 0 fully saturated rings. The Balaban J connectivity index is 2.10. The molecule has 0 aliphatic carbocycles. The van der Waals surface area contributed by atoms with E-state index in [1.807, 2.05) is 63.2 Å². The summed E-state index contributed by atoms with van der Waals surface area (Å²) >= 11 is 12.4. The highest BCUT2D eigenvalue weighted by Gasteiger charge is 2.33. The van der Waals surface area contributed by atoms with Crippen molar-refractivity contribution in [3.63, 3.8) is 0 Å². The lowest BCUT2D eigenvalue weighted by atomic mass is 10.0. The Hall–Kier alpha value is -3.07. The summed E-state index contributed by atoms with van der Waals surface area (Å²) in [5.74, 6) is -0.866. The predicted molar refractivity (Wildman–Crippen MR) is 162 cm³/mol. The lowest BCUT2D eigenvalue weighted by Gasteiger charge is -2.34. The molecule has 1 N–H and O–H groups in total. The number of amides is 2. The average Bonchev–Trinajstić information content (AvgIpc) is 2.90. The van der Waals surface area contributed by atoms with Gasteiger partial charge in [-0.2, -0.15) is 0 Å². The average molecular weight is 605 g/mol. The molecule has 0 heterocycles. The molecule has 1 atom stereocenters. The molecule has 1 unspecified atom stereocenters. The summed E-state index contributed by atoms with van der Waals surface area (Å²) in [5, 5.41) is 3.60. The van der Waals surface area contributed by atoms with E-state index < -0.39 is 28.5 Å². The molecule has 0 radical (unpaired) electrons. The first-order valence-corrected chi connectivity index (χ1v) is 15.6. The van der Waals surface area contributed by atoms with E-state index in [0.29, 0.717) is 27.7 Å². The second kappa shape index (κ2) is 14.0. The number of halogens is 2. The number of hydrogen-bond acceptors (Lipinski definition) is 4. The normalized spacial score (nSPS) is 12.2. The maximum Gasteiger partial charge on any atom is 0.244 e. The minimum atomic E-state index is -3.84. The smallest absolute Gasteiger partial charge is 0.244 e. The van der Waals surface area contributed by atoms with Crippen LogP contribution < -0.4 is 9.62 Å². The lowest BCUT2D eigenvalue weighted by Crippen LogP contribution is -2.54. The third-order valence-electron chi connectivity index (χ3n) is 6.36. The van der Waals surface area contributed by atoms with Crippen LogP contribution in [0.3, 0.4) is 0 Å². The summed E-state index contributed by atoms with van der Waals surface area (Å²) < 4.78 is 27.1. The fourth-order valence-electron chi connectivity index (χ4n) is 4.42. The number of nitrogens with zero attached hydrogens (tertiary/aromatic N) is 2. The Labute approximate surface area is 247 Å². The van der Waals surface area contributed by atoms with E-state index in [4.69, 9.17) is 23.2 Å². The monoisotopic (exact) mass is 603 g/mol.